The number of nitriles is 1. The number of piperidine rings is 1. The quantitative estimate of drug-likeness (QED) is 0.337. The molecular weight excluding hydrogens is 564 g/mol. The highest BCUT2D eigenvalue weighted by Gasteiger charge is 2.26. The molecule has 2 fully saturated rings. The number of aromatic nitrogens is 4. The van der Waals surface area contributed by atoms with Crippen molar-refractivity contribution in [1.82, 2.24) is 29.4 Å². The van der Waals surface area contributed by atoms with Gasteiger partial charge in [0.15, 0.2) is 0 Å². The van der Waals surface area contributed by atoms with Gasteiger partial charge in [0, 0.05) is 50.1 Å². The molecule has 2 atom stereocenters. The number of aliphatic hydroxyl groups excluding tert-OH is 1. The summed E-state index contributed by atoms with van der Waals surface area (Å²) in [5.41, 5.74) is 3.17. The van der Waals surface area contributed by atoms with Crippen LogP contribution in [0.25, 0.3) is 16.9 Å². The molecule has 0 bridgehead atoms. The van der Waals surface area contributed by atoms with Crippen molar-refractivity contribution in [2.75, 3.05) is 31.3 Å². The van der Waals surface area contributed by atoms with E-state index in [-0.39, 0.29) is 12.6 Å². The minimum Gasteiger partial charge on any atom is -0.396 e. The molecule has 41 heavy (non-hydrogen) atoms. The maximum Gasteiger partial charge on any atom is 0.223 e. The first-order valence-corrected chi connectivity index (χ1v) is 16.1. The zero-order valence-corrected chi connectivity index (χ0v) is 24.6. The van der Waals surface area contributed by atoms with Crippen LogP contribution in [0.4, 0.5) is 5.95 Å². The topological polar surface area (TPSA) is 149 Å². The number of nitrogens with one attached hydrogen (secondary N) is 2. The molecule has 1 saturated heterocycles. The van der Waals surface area contributed by atoms with Crippen LogP contribution >= 0.6 is 11.6 Å². The Morgan fingerprint density at radius 2 is 1.95 bits per heavy atom. The molecule has 1 aliphatic heterocycles. The predicted molar refractivity (Wildman–Crippen MR) is 157 cm³/mol. The molecule has 3 heterocycles. The summed E-state index contributed by atoms with van der Waals surface area (Å²) >= 11 is 6.67. The lowest BCUT2D eigenvalue weighted by Crippen LogP contribution is -2.42. The lowest BCUT2D eigenvalue weighted by Gasteiger charge is -2.31. The van der Waals surface area contributed by atoms with Gasteiger partial charge in [-0.05, 0) is 49.3 Å². The summed E-state index contributed by atoms with van der Waals surface area (Å²) in [7, 11) is -3.20. The van der Waals surface area contributed by atoms with Crippen LogP contribution in [0.15, 0.2) is 36.8 Å². The van der Waals surface area contributed by atoms with Crippen LogP contribution in [0, 0.1) is 17.2 Å². The first kappa shape index (κ1) is 29.4. The van der Waals surface area contributed by atoms with Crippen molar-refractivity contribution < 1.29 is 13.5 Å². The van der Waals surface area contributed by atoms with E-state index in [1.807, 2.05) is 18.2 Å². The third-order valence-corrected chi connectivity index (χ3v) is 9.60. The molecule has 0 unspecified atom stereocenters. The minimum atomic E-state index is -3.20. The third kappa shape index (κ3) is 7.05. The first-order chi connectivity index (χ1) is 19.7. The van der Waals surface area contributed by atoms with Crippen molar-refractivity contribution >= 4 is 27.6 Å². The van der Waals surface area contributed by atoms with Crippen molar-refractivity contribution in [3.05, 3.63) is 52.9 Å². The molecule has 0 amide bonds. The lowest BCUT2D eigenvalue weighted by atomic mass is 9.85. The van der Waals surface area contributed by atoms with Gasteiger partial charge in [-0.25, -0.2) is 27.4 Å². The molecule has 1 saturated carbocycles. The Kier molecular flexibility index (Phi) is 9.21. The van der Waals surface area contributed by atoms with Crippen LogP contribution < -0.4 is 10.6 Å². The molecule has 1 aliphatic carbocycles. The van der Waals surface area contributed by atoms with Crippen LogP contribution in [0.3, 0.4) is 0 Å². The molecule has 2 aromatic heterocycles. The van der Waals surface area contributed by atoms with Gasteiger partial charge < -0.3 is 15.7 Å². The van der Waals surface area contributed by atoms with Crippen molar-refractivity contribution in [3.8, 4) is 23.0 Å². The SMILES string of the molecule is CS(=O)(=O)N1CCC(Nc2ncc(C#N)c(-c3cnn(-c4ccc(CN[C@@H]5CCCC[C@H]5CO)cc4Cl)c3)n2)CC1. The van der Waals surface area contributed by atoms with Crippen molar-refractivity contribution in [2.45, 2.75) is 57.2 Å². The molecule has 0 spiro atoms. The van der Waals surface area contributed by atoms with Crippen LogP contribution in [0.2, 0.25) is 5.02 Å². The van der Waals surface area contributed by atoms with Gasteiger partial charge in [0.25, 0.3) is 0 Å². The van der Waals surface area contributed by atoms with E-state index in [0.717, 1.165) is 18.4 Å². The number of benzene rings is 1. The largest absolute Gasteiger partial charge is 0.396 e. The van der Waals surface area contributed by atoms with Gasteiger partial charge in [-0.1, -0.05) is 30.5 Å². The third-order valence-electron chi connectivity index (χ3n) is 7.99. The fourth-order valence-electron chi connectivity index (χ4n) is 5.63. The standard InChI is InChI=1S/C28H35ClN8O3S/c1-41(39,40)36-10-8-23(9-11-36)34-28-32-15-21(13-30)27(35-28)22-16-33-37(17-22)26-7-6-19(12-24(26)29)14-31-25-5-3-2-4-20(25)18-38/h6-7,12,15-17,20,23,25,31,38H,2-5,8-11,14,18H2,1H3,(H,32,34,35)/t20-,25+/m0/s1. The summed E-state index contributed by atoms with van der Waals surface area (Å²) in [5, 5.41) is 31.3. The van der Waals surface area contributed by atoms with Gasteiger partial charge in [0.1, 0.15) is 6.07 Å². The van der Waals surface area contributed by atoms with Crippen molar-refractivity contribution in [1.29, 1.82) is 5.26 Å². The van der Waals surface area contributed by atoms with E-state index in [1.54, 1.807) is 17.1 Å². The zero-order valence-electron chi connectivity index (χ0n) is 23.0. The number of sulfonamides is 1. The van der Waals surface area contributed by atoms with Crippen LogP contribution in [-0.2, 0) is 16.6 Å². The number of rotatable bonds is 9. The van der Waals surface area contributed by atoms with Crippen LogP contribution in [0.1, 0.15) is 49.7 Å². The molecule has 5 rings (SSSR count). The maximum atomic E-state index is 11.8. The fraction of sp³-hybridized carbons (Fsp3) is 0.500. The number of anilines is 1. The summed E-state index contributed by atoms with van der Waals surface area (Å²) in [4.78, 5) is 8.91. The smallest absolute Gasteiger partial charge is 0.223 e. The Bertz CT molecular complexity index is 1510. The van der Waals surface area contributed by atoms with Gasteiger partial charge in [-0.3, -0.25) is 0 Å². The number of nitrogens with zero attached hydrogens (tertiary/aromatic N) is 6. The van der Waals surface area contributed by atoms with Crippen LogP contribution in [0.5, 0.6) is 0 Å². The van der Waals surface area contributed by atoms with Gasteiger partial charge in [0.05, 0.1) is 40.6 Å². The summed E-state index contributed by atoms with van der Waals surface area (Å²) < 4.78 is 26.7. The summed E-state index contributed by atoms with van der Waals surface area (Å²) in [6.45, 7) is 1.75. The highest BCUT2D eigenvalue weighted by atomic mass is 35.5. The van der Waals surface area contributed by atoms with Gasteiger partial charge >= 0.3 is 0 Å². The van der Waals surface area contributed by atoms with Crippen LogP contribution in [-0.4, -0.2) is 75.6 Å². The average molecular weight is 599 g/mol. The number of halogens is 1. The monoisotopic (exact) mass is 598 g/mol. The van der Waals surface area contributed by atoms with E-state index in [4.69, 9.17) is 11.6 Å². The highest BCUT2D eigenvalue weighted by Crippen LogP contribution is 2.28. The predicted octanol–water partition coefficient (Wildman–Crippen LogP) is 3.33. The first-order valence-electron chi connectivity index (χ1n) is 13.9. The normalized spacial score (nSPS) is 20.5. The van der Waals surface area contributed by atoms with Gasteiger partial charge in [-0.15, -0.1) is 0 Å². The van der Waals surface area contributed by atoms with E-state index >= 15 is 0 Å². The number of hydrogen-bond acceptors (Lipinski definition) is 9. The Hall–Kier alpha value is -3.08. The summed E-state index contributed by atoms with van der Waals surface area (Å²) in [6, 6.07) is 8.33. The second kappa shape index (κ2) is 12.8. The number of hydrogen-bond donors (Lipinski definition) is 3. The molecule has 3 aromatic rings. The molecule has 0 radical (unpaired) electrons. The Morgan fingerprint density at radius 1 is 1.17 bits per heavy atom. The minimum absolute atomic E-state index is 0.0240. The summed E-state index contributed by atoms with van der Waals surface area (Å²) in [6.07, 6.45) is 11.9. The zero-order chi connectivity index (χ0) is 29.0. The molecule has 11 nitrogen and oxygen atoms in total. The van der Waals surface area contributed by atoms with E-state index in [2.05, 4.69) is 31.8 Å². The van der Waals surface area contributed by atoms with E-state index < -0.39 is 10.0 Å². The Balaban J connectivity index is 1.27. The van der Waals surface area contributed by atoms with Crippen molar-refractivity contribution in [2.24, 2.45) is 5.92 Å². The summed E-state index contributed by atoms with van der Waals surface area (Å²) in [5.74, 6) is 0.672. The number of aliphatic hydroxyl groups is 1. The molecule has 13 heteroatoms. The Morgan fingerprint density at radius 3 is 2.66 bits per heavy atom. The molecule has 3 N–H and O–H groups in total. The van der Waals surface area contributed by atoms with E-state index in [9.17, 15) is 18.8 Å². The molecule has 2 aliphatic rings. The Labute approximate surface area is 245 Å². The van der Waals surface area contributed by atoms with E-state index in [0.29, 0.717) is 77.9 Å². The van der Waals surface area contributed by atoms with Gasteiger partial charge in [-0.2, -0.15) is 10.4 Å². The highest BCUT2D eigenvalue weighted by molar-refractivity contribution is 7.88. The maximum absolute atomic E-state index is 11.8. The lowest BCUT2D eigenvalue weighted by molar-refractivity contribution is 0.152. The second-order valence-electron chi connectivity index (χ2n) is 10.8. The van der Waals surface area contributed by atoms with Crippen molar-refractivity contribution in [3.63, 3.8) is 0 Å². The van der Waals surface area contributed by atoms with Gasteiger partial charge in [0.2, 0.25) is 16.0 Å². The fourth-order valence-corrected chi connectivity index (χ4v) is 6.80. The molecule has 1 aromatic carbocycles. The average Bonchev–Trinajstić information content (AvgIpc) is 3.46. The van der Waals surface area contributed by atoms with E-state index in [1.165, 1.54) is 29.6 Å². The molecular formula is C28H35ClN8O3S. The molecule has 218 valence electrons. The second-order valence-corrected chi connectivity index (χ2v) is 13.2.